The highest BCUT2D eigenvalue weighted by Gasteiger charge is 2.09. The van der Waals surface area contributed by atoms with Crippen molar-refractivity contribution in [3.63, 3.8) is 0 Å². The lowest BCUT2D eigenvalue weighted by atomic mass is 10.1. The number of benzene rings is 2. The van der Waals surface area contributed by atoms with Crippen LogP contribution < -0.4 is 14.8 Å². The normalized spacial score (nSPS) is 10.0. The highest BCUT2D eigenvalue weighted by molar-refractivity contribution is 6.31. The highest BCUT2D eigenvalue weighted by atomic mass is 35.5. The molecule has 25 heavy (non-hydrogen) atoms. The zero-order valence-corrected chi connectivity index (χ0v) is 14.6. The molecule has 0 atom stereocenters. The van der Waals surface area contributed by atoms with Crippen molar-refractivity contribution in [2.45, 2.75) is 6.42 Å². The van der Waals surface area contributed by atoms with E-state index >= 15 is 0 Å². The third-order valence-electron chi connectivity index (χ3n) is 3.31. The molecule has 0 aliphatic heterocycles. The fourth-order valence-corrected chi connectivity index (χ4v) is 2.23. The van der Waals surface area contributed by atoms with E-state index in [1.165, 1.54) is 14.2 Å². The molecule has 0 unspecified atom stereocenters. The fraction of sp³-hybridized carbons (Fsp3) is 0.222. The summed E-state index contributed by atoms with van der Waals surface area (Å²) in [5.74, 6) is 0.356. The Kier molecular flexibility index (Phi) is 6.65. The molecule has 0 heterocycles. The van der Waals surface area contributed by atoms with E-state index in [-0.39, 0.29) is 24.9 Å². The Morgan fingerprint density at radius 1 is 1.08 bits per heavy atom. The van der Waals surface area contributed by atoms with E-state index in [9.17, 15) is 9.59 Å². The number of rotatable bonds is 7. The summed E-state index contributed by atoms with van der Waals surface area (Å²) in [6, 6.07) is 11.8. The summed E-state index contributed by atoms with van der Waals surface area (Å²) >= 11 is 5.92. The quantitative estimate of drug-likeness (QED) is 0.765. The molecular formula is C18H18ClNO5. The number of carbonyl (C=O) groups is 2. The third-order valence-corrected chi connectivity index (χ3v) is 3.54. The predicted octanol–water partition coefficient (Wildman–Crippen LogP) is 3.08. The topological polar surface area (TPSA) is 73.9 Å². The van der Waals surface area contributed by atoms with E-state index in [1.807, 2.05) is 0 Å². The lowest BCUT2D eigenvalue weighted by Gasteiger charge is -2.11. The number of ether oxygens (including phenoxy) is 3. The number of esters is 1. The summed E-state index contributed by atoms with van der Waals surface area (Å²) in [5.41, 5.74) is 1.27. The van der Waals surface area contributed by atoms with E-state index in [1.54, 1.807) is 42.5 Å². The smallest absolute Gasteiger partial charge is 0.309 e. The van der Waals surface area contributed by atoms with Gasteiger partial charge in [0.1, 0.15) is 11.5 Å². The van der Waals surface area contributed by atoms with Gasteiger partial charge >= 0.3 is 5.97 Å². The Morgan fingerprint density at radius 3 is 2.44 bits per heavy atom. The second-order valence-corrected chi connectivity index (χ2v) is 5.51. The van der Waals surface area contributed by atoms with Gasteiger partial charge in [0, 0.05) is 5.02 Å². The van der Waals surface area contributed by atoms with Gasteiger partial charge in [-0.2, -0.15) is 0 Å². The Balaban J connectivity index is 1.90. The molecule has 0 aromatic heterocycles. The summed E-state index contributed by atoms with van der Waals surface area (Å²) in [4.78, 5) is 23.2. The summed E-state index contributed by atoms with van der Waals surface area (Å²) in [5, 5.41) is 3.17. The first-order chi connectivity index (χ1) is 12.0. The minimum Gasteiger partial charge on any atom is -0.495 e. The van der Waals surface area contributed by atoms with Crippen molar-refractivity contribution >= 4 is 29.2 Å². The molecule has 7 heteroatoms. The Hall–Kier alpha value is -2.73. The van der Waals surface area contributed by atoms with Gasteiger partial charge in [-0.3, -0.25) is 9.59 Å². The third kappa shape index (κ3) is 5.69. The van der Waals surface area contributed by atoms with Gasteiger partial charge in [-0.1, -0.05) is 23.7 Å². The molecule has 2 aromatic carbocycles. The Labute approximate surface area is 150 Å². The van der Waals surface area contributed by atoms with Crippen LogP contribution in [-0.4, -0.2) is 32.7 Å². The highest BCUT2D eigenvalue weighted by Crippen LogP contribution is 2.27. The average molecular weight is 364 g/mol. The van der Waals surface area contributed by atoms with Gasteiger partial charge in [-0.25, -0.2) is 0 Å². The number of anilines is 1. The number of halogens is 1. The van der Waals surface area contributed by atoms with E-state index in [4.69, 9.17) is 21.1 Å². The Bertz CT molecular complexity index is 746. The first kappa shape index (κ1) is 18.6. The molecule has 0 aliphatic carbocycles. The van der Waals surface area contributed by atoms with Gasteiger partial charge in [0.05, 0.1) is 26.3 Å². The van der Waals surface area contributed by atoms with Crippen LogP contribution in [0.4, 0.5) is 5.69 Å². The van der Waals surface area contributed by atoms with Crippen LogP contribution in [0.5, 0.6) is 11.5 Å². The zero-order valence-electron chi connectivity index (χ0n) is 13.9. The van der Waals surface area contributed by atoms with Gasteiger partial charge in [-0.15, -0.1) is 0 Å². The second-order valence-electron chi connectivity index (χ2n) is 5.08. The van der Waals surface area contributed by atoms with Gasteiger partial charge in [0.15, 0.2) is 6.61 Å². The molecular weight excluding hydrogens is 346 g/mol. The van der Waals surface area contributed by atoms with Crippen LogP contribution in [0.1, 0.15) is 5.56 Å². The van der Waals surface area contributed by atoms with Crippen molar-refractivity contribution in [3.8, 4) is 11.5 Å². The molecule has 0 fully saturated rings. The maximum absolute atomic E-state index is 12.0. The molecule has 1 N–H and O–H groups in total. The minimum atomic E-state index is -0.348. The number of hydrogen-bond donors (Lipinski definition) is 1. The van der Waals surface area contributed by atoms with Gasteiger partial charge < -0.3 is 19.5 Å². The maximum Gasteiger partial charge on any atom is 0.309 e. The number of hydrogen-bond acceptors (Lipinski definition) is 5. The van der Waals surface area contributed by atoms with Crippen LogP contribution in [0.3, 0.4) is 0 Å². The van der Waals surface area contributed by atoms with Crippen LogP contribution in [0.25, 0.3) is 0 Å². The first-order valence-electron chi connectivity index (χ1n) is 7.43. The molecule has 0 radical (unpaired) electrons. The van der Waals surface area contributed by atoms with Crippen molar-refractivity contribution < 1.29 is 23.8 Å². The molecule has 2 aromatic rings. The SMILES string of the molecule is COC(=O)Cc1ccc(OCC(=O)Nc2cc(Cl)ccc2OC)cc1. The van der Waals surface area contributed by atoms with E-state index in [0.717, 1.165) is 5.56 Å². The fourth-order valence-electron chi connectivity index (χ4n) is 2.06. The van der Waals surface area contributed by atoms with E-state index in [2.05, 4.69) is 10.1 Å². The first-order valence-corrected chi connectivity index (χ1v) is 7.81. The standard InChI is InChI=1S/C18H18ClNO5/c1-23-16-8-5-13(19)10-15(16)20-17(21)11-25-14-6-3-12(4-7-14)9-18(22)24-2/h3-8,10H,9,11H2,1-2H3,(H,20,21). The van der Waals surface area contributed by atoms with E-state index < -0.39 is 0 Å². The predicted molar refractivity (Wildman–Crippen MR) is 94.3 cm³/mol. The molecule has 0 saturated carbocycles. The van der Waals surface area contributed by atoms with Crippen LogP contribution in [0.15, 0.2) is 42.5 Å². The van der Waals surface area contributed by atoms with Crippen LogP contribution in [0, 0.1) is 0 Å². The zero-order chi connectivity index (χ0) is 18.2. The number of methoxy groups -OCH3 is 2. The van der Waals surface area contributed by atoms with Gasteiger partial charge in [0.2, 0.25) is 0 Å². The van der Waals surface area contributed by atoms with Crippen LogP contribution in [0.2, 0.25) is 5.02 Å². The van der Waals surface area contributed by atoms with Crippen molar-refractivity contribution in [2.75, 3.05) is 26.1 Å². The summed E-state index contributed by atoms with van der Waals surface area (Å²) in [7, 11) is 2.85. The number of nitrogens with one attached hydrogen (secondary N) is 1. The van der Waals surface area contributed by atoms with Crippen molar-refractivity contribution in [2.24, 2.45) is 0 Å². The van der Waals surface area contributed by atoms with Crippen molar-refractivity contribution in [1.82, 2.24) is 0 Å². The summed E-state index contributed by atoms with van der Waals surface area (Å²) < 4.78 is 15.2. The molecule has 0 spiro atoms. The minimum absolute atomic E-state index is 0.175. The summed E-state index contributed by atoms with van der Waals surface area (Å²) in [6.07, 6.45) is 0.186. The summed E-state index contributed by atoms with van der Waals surface area (Å²) in [6.45, 7) is -0.175. The lowest BCUT2D eigenvalue weighted by Crippen LogP contribution is -2.20. The molecule has 0 saturated heterocycles. The maximum atomic E-state index is 12.0. The monoisotopic (exact) mass is 363 g/mol. The van der Waals surface area contributed by atoms with Crippen molar-refractivity contribution in [3.05, 3.63) is 53.1 Å². The van der Waals surface area contributed by atoms with E-state index in [0.29, 0.717) is 22.2 Å². The molecule has 132 valence electrons. The van der Waals surface area contributed by atoms with Crippen LogP contribution in [-0.2, 0) is 20.7 Å². The van der Waals surface area contributed by atoms with Crippen LogP contribution >= 0.6 is 11.6 Å². The molecule has 6 nitrogen and oxygen atoms in total. The molecule has 0 bridgehead atoms. The second kappa shape index (κ2) is 8.94. The van der Waals surface area contributed by atoms with Gasteiger partial charge in [0.25, 0.3) is 5.91 Å². The molecule has 1 amide bonds. The van der Waals surface area contributed by atoms with Crippen molar-refractivity contribution in [1.29, 1.82) is 0 Å². The molecule has 2 rings (SSSR count). The number of carbonyl (C=O) groups excluding carboxylic acids is 2. The van der Waals surface area contributed by atoms with Gasteiger partial charge in [-0.05, 0) is 35.9 Å². The average Bonchev–Trinajstić information content (AvgIpc) is 2.61. The Morgan fingerprint density at radius 2 is 1.80 bits per heavy atom. The lowest BCUT2D eigenvalue weighted by molar-refractivity contribution is -0.139. The largest absolute Gasteiger partial charge is 0.495 e. The molecule has 0 aliphatic rings. The number of amides is 1.